The molecule has 1 heteroatoms. The Labute approximate surface area is 76.9 Å². The number of hydrogen-bond donors (Lipinski definition) is 1. The molecule has 1 fully saturated rings. The highest BCUT2D eigenvalue weighted by atomic mass is 14.9. The van der Waals surface area contributed by atoms with Gasteiger partial charge in [0.15, 0.2) is 0 Å². The molecule has 1 aliphatic rings. The largest absolute Gasteiger partial charge is 0.317 e. The third-order valence-corrected chi connectivity index (χ3v) is 3.05. The minimum absolute atomic E-state index is 0.871. The van der Waals surface area contributed by atoms with Gasteiger partial charge in [-0.15, -0.1) is 0 Å². The van der Waals surface area contributed by atoms with Gasteiger partial charge in [0.05, 0.1) is 0 Å². The van der Waals surface area contributed by atoms with Crippen molar-refractivity contribution in [1.29, 1.82) is 0 Å². The highest BCUT2D eigenvalue weighted by Gasteiger charge is 2.19. The molecule has 1 rings (SSSR count). The van der Waals surface area contributed by atoms with Crippen LogP contribution in [0.5, 0.6) is 0 Å². The quantitative estimate of drug-likeness (QED) is 0.670. The molecule has 1 heterocycles. The lowest BCUT2D eigenvalue weighted by Crippen LogP contribution is -2.14. The summed E-state index contributed by atoms with van der Waals surface area (Å²) < 4.78 is 0. The molecule has 0 radical (unpaired) electrons. The summed E-state index contributed by atoms with van der Waals surface area (Å²) in [6.07, 6.45) is 4.18. The van der Waals surface area contributed by atoms with Crippen molar-refractivity contribution in [3.8, 4) is 0 Å². The molecule has 1 saturated heterocycles. The van der Waals surface area contributed by atoms with E-state index in [0.29, 0.717) is 0 Å². The van der Waals surface area contributed by atoms with Gasteiger partial charge in [-0.25, -0.2) is 0 Å². The van der Waals surface area contributed by atoms with Gasteiger partial charge in [-0.2, -0.15) is 0 Å². The average molecular weight is 169 g/mol. The van der Waals surface area contributed by atoms with Crippen LogP contribution in [0.2, 0.25) is 0 Å². The number of rotatable bonds is 2. The van der Waals surface area contributed by atoms with E-state index < -0.39 is 0 Å². The van der Waals surface area contributed by atoms with Gasteiger partial charge in [-0.05, 0) is 50.1 Å². The van der Waals surface area contributed by atoms with Gasteiger partial charge in [0, 0.05) is 0 Å². The van der Waals surface area contributed by atoms with E-state index in [1.54, 1.807) is 0 Å². The highest BCUT2D eigenvalue weighted by Crippen LogP contribution is 2.26. The van der Waals surface area contributed by atoms with Crippen molar-refractivity contribution in [2.24, 2.45) is 17.8 Å². The van der Waals surface area contributed by atoms with E-state index in [0.717, 1.165) is 17.8 Å². The Bertz CT molecular complexity index is 120. The monoisotopic (exact) mass is 169 g/mol. The van der Waals surface area contributed by atoms with E-state index in [4.69, 9.17) is 0 Å². The second-order valence-corrected chi connectivity index (χ2v) is 4.69. The van der Waals surface area contributed by atoms with Crippen molar-refractivity contribution in [2.45, 2.75) is 40.0 Å². The molecular weight excluding hydrogens is 146 g/mol. The zero-order valence-corrected chi connectivity index (χ0v) is 8.77. The van der Waals surface area contributed by atoms with Gasteiger partial charge in [0.2, 0.25) is 0 Å². The van der Waals surface area contributed by atoms with Crippen LogP contribution in [0.4, 0.5) is 0 Å². The maximum absolute atomic E-state index is 3.48. The average Bonchev–Trinajstić information content (AvgIpc) is 2.16. The third kappa shape index (κ3) is 3.14. The first kappa shape index (κ1) is 10.0. The fourth-order valence-electron chi connectivity index (χ4n) is 2.22. The molecular formula is C11H23N. The van der Waals surface area contributed by atoms with E-state index in [2.05, 4.69) is 26.1 Å². The summed E-state index contributed by atoms with van der Waals surface area (Å²) in [4.78, 5) is 0. The first-order valence-electron chi connectivity index (χ1n) is 5.41. The summed E-state index contributed by atoms with van der Waals surface area (Å²) in [5.41, 5.74) is 0. The first-order valence-corrected chi connectivity index (χ1v) is 5.41. The van der Waals surface area contributed by atoms with Gasteiger partial charge < -0.3 is 5.32 Å². The van der Waals surface area contributed by atoms with Crippen LogP contribution in [0.25, 0.3) is 0 Å². The highest BCUT2D eigenvalue weighted by molar-refractivity contribution is 4.73. The lowest BCUT2D eigenvalue weighted by molar-refractivity contribution is 0.291. The SMILES string of the molecule is CC(C)CC1CCNCCC1C. The second kappa shape index (κ2) is 4.86. The predicted octanol–water partition coefficient (Wildman–Crippen LogP) is 2.67. The van der Waals surface area contributed by atoms with Crippen molar-refractivity contribution in [3.63, 3.8) is 0 Å². The van der Waals surface area contributed by atoms with Crippen molar-refractivity contribution in [3.05, 3.63) is 0 Å². The van der Waals surface area contributed by atoms with E-state index in [1.165, 1.54) is 32.4 Å². The summed E-state index contributed by atoms with van der Waals surface area (Å²) in [5, 5.41) is 3.48. The van der Waals surface area contributed by atoms with E-state index in [1.807, 2.05) is 0 Å². The van der Waals surface area contributed by atoms with E-state index in [-0.39, 0.29) is 0 Å². The minimum atomic E-state index is 0.871. The molecule has 0 amide bonds. The number of nitrogens with one attached hydrogen (secondary N) is 1. The molecule has 1 aliphatic heterocycles. The maximum atomic E-state index is 3.48. The van der Waals surface area contributed by atoms with Crippen LogP contribution < -0.4 is 5.32 Å². The lowest BCUT2D eigenvalue weighted by Gasteiger charge is -2.22. The van der Waals surface area contributed by atoms with Crippen molar-refractivity contribution < 1.29 is 0 Å². The molecule has 0 bridgehead atoms. The lowest BCUT2D eigenvalue weighted by atomic mass is 9.83. The van der Waals surface area contributed by atoms with Crippen molar-refractivity contribution >= 4 is 0 Å². The standard InChI is InChI=1S/C11H23N/c1-9(2)8-11-5-7-12-6-4-10(11)3/h9-12H,4-8H2,1-3H3. The normalized spacial score (nSPS) is 32.0. The molecule has 0 spiro atoms. The Morgan fingerprint density at radius 1 is 1.25 bits per heavy atom. The second-order valence-electron chi connectivity index (χ2n) is 4.69. The van der Waals surface area contributed by atoms with Crippen molar-refractivity contribution in [1.82, 2.24) is 5.32 Å². The van der Waals surface area contributed by atoms with Crippen LogP contribution in [0.1, 0.15) is 40.0 Å². The minimum Gasteiger partial charge on any atom is -0.317 e. The van der Waals surface area contributed by atoms with Gasteiger partial charge in [-0.3, -0.25) is 0 Å². The van der Waals surface area contributed by atoms with E-state index >= 15 is 0 Å². The Hall–Kier alpha value is -0.0400. The summed E-state index contributed by atoms with van der Waals surface area (Å²) in [5.74, 6) is 2.78. The molecule has 1 N–H and O–H groups in total. The van der Waals surface area contributed by atoms with Gasteiger partial charge in [0.25, 0.3) is 0 Å². The fourth-order valence-corrected chi connectivity index (χ4v) is 2.22. The molecule has 1 nitrogen and oxygen atoms in total. The van der Waals surface area contributed by atoms with Crippen LogP contribution in [-0.2, 0) is 0 Å². The molecule has 2 atom stereocenters. The third-order valence-electron chi connectivity index (χ3n) is 3.05. The molecule has 0 aromatic heterocycles. The summed E-state index contributed by atoms with van der Waals surface area (Å²) >= 11 is 0. The smallest absolute Gasteiger partial charge is 0.00462 e. The molecule has 0 saturated carbocycles. The van der Waals surface area contributed by atoms with Gasteiger partial charge in [-0.1, -0.05) is 20.8 Å². The summed E-state index contributed by atoms with van der Waals surface area (Å²) in [6, 6.07) is 0. The Morgan fingerprint density at radius 2 is 1.92 bits per heavy atom. The Kier molecular flexibility index (Phi) is 4.07. The molecule has 0 aromatic rings. The van der Waals surface area contributed by atoms with Crippen LogP contribution in [0.3, 0.4) is 0 Å². The zero-order chi connectivity index (χ0) is 8.97. The Morgan fingerprint density at radius 3 is 2.58 bits per heavy atom. The molecule has 0 aromatic carbocycles. The first-order chi connectivity index (χ1) is 5.70. The molecule has 72 valence electrons. The van der Waals surface area contributed by atoms with Crippen LogP contribution in [-0.4, -0.2) is 13.1 Å². The van der Waals surface area contributed by atoms with Gasteiger partial charge >= 0.3 is 0 Å². The molecule has 12 heavy (non-hydrogen) atoms. The fraction of sp³-hybridized carbons (Fsp3) is 1.00. The predicted molar refractivity (Wildman–Crippen MR) is 54.2 cm³/mol. The van der Waals surface area contributed by atoms with Crippen LogP contribution >= 0.6 is 0 Å². The zero-order valence-electron chi connectivity index (χ0n) is 8.77. The van der Waals surface area contributed by atoms with Crippen molar-refractivity contribution in [2.75, 3.05) is 13.1 Å². The topological polar surface area (TPSA) is 12.0 Å². The van der Waals surface area contributed by atoms with Crippen LogP contribution in [0.15, 0.2) is 0 Å². The summed E-state index contributed by atoms with van der Waals surface area (Å²) in [7, 11) is 0. The van der Waals surface area contributed by atoms with Crippen LogP contribution in [0, 0.1) is 17.8 Å². The molecule has 0 aliphatic carbocycles. The number of hydrogen-bond acceptors (Lipinski definition) is 1. The van der Waals surface area contributed by atoms with Gasteiger partial charge in [0.1, 0.15) is 0 Å². The van der Waals surface area contributed by atoms with E-state index in [9.17, 15) is 0 Å². The summed E-state index contributed by atoms with van der Waals surface area (Å²) in [6.45, 7) is 9.56. The molecule has 2 unspecified atom stereocenters. The Balaban J connectivity index is 2.36. The maximum Gasteiger partial charge on any atom is -0.00462 e.